The first-order valence-corrected chi connectivity index (χ1v) is 7.63. The van der Waals surface area contributed by atoms with Crippen molar-refractivity contribution in [3.05, 3.63) is 30.5 Å². The third kappa shape index (κ3) is 2.21. The first-order valence-electron chi connectivity index (χ1n) is 7.63. The Labute approximate surface area is 124 Å². The summed E-state index contributed by atoms with van der Waals surface area (Å²) in [6, 6.07) is 8.45. The summed E-state index contributed by atoms with van der Waals surface area (Å²) in [5.74, 6) is 1.60. The normalized spacial score (nSPS) is 27.8. The molecule has 0 saturated carbocycles. The zero-order valence-electron chi connectivity index (χ0n) is 12.3. The van der Waals surface area contributed by atoms with Crippen LogP contribution >= 0.6 is 0 Å². The smallest absolute Gasteiger partial charge is 0.128 e. The highest BCUT2D eigenvalue weighted by atomic mass is 16.5. The van der Waals surface area contributed by atoms with Crippen molar-refractivity contribution in [3.8, 4) is 17.0 Å². The van der Waals surface area contributed by atoms with Crippen molar-refractivity contribution in [3.63, 3.8) is 0 Å². The van der Waals surface area contributed by atoms with Crippen molar-refractivity contribution in [2.75, 3.05) is 26.7 Å². The molecule has 0 aliphatic carbocycles. The molecule has 0 amide bonds. The number of methoxy groups -OCH3 is 1. The van der Waals surface area contributed by atoms with Gasteiger partial charge in [-0.3, -0.25) is 0 Å². The minimum atomic E-state index is 0.475. The molecule has 3 fully saturated rings. The number of hydrogen-bond donors (Lipinski definition) is 0. The monoisotopic (exact) mass is 284 g/mol. The zero-order valence-corrected chi connectivity index (χ0v) is 12.3. The molecule has 4 heterocycles. The summed E-state index contributed by atoms with van der Waals surface area (Å²) in [5.41, 5.74) is 1.90. The maximum Gasteiger partial charge on any atom is 0.128 e. The van der Waals surface area contributed by atoms with Crippen molar-refractivity contribution in [2.45, 2.75) is 18.9 Å². The lowest BCUT2D eigenvalue weighted by Crippen LogP contribution is -2.48. The van der Waals surface area contributed by atoms with Crippen LogP contribution in [0, 0.1) is 5.92 Å². The van der Waals surface area contributed by atoms with Gasteiger partial charge in [-0.25, -0.2) is 4.68 Å². The number of piperidine rings is 3. The molecular formula is C16H20N4O. The Kier molecular flexibility index (Phi) is 3.15. The average Bonchev–Trinajstić information content (AvgIpc) is 3.05. The van der Waals surface area contributed by atoms with E-state index in [-0.39, 0.29) is 0 Å². The van der Waals surface area contributed by atoms with Gasteiger partial charge in [-0.15, -0.1) is 5.10 Å². The van der Waals surface area contributed by atoms with Crippen LogP contribution in [0.5, 0.6) is 5.75 Å². The number of rotatable bonds is 3. The molecule has 5 nitrogen and oxygen atoms in total. The Bertz CT molecular complexity index is 631. The molecule has 0 spiro atoms. The summed E-state index contributed by atoms with van der Waals surface area (Å²) < 4.78 is 7.49. The van der Waals surface area contributed by atoms with E-state index >= 15 is 0 Å². The molecule has 2 bridgehead atoms. The molecule has 110 valence electrons. The highest BCUT2D eigenvalue weighted by molar-refractivity contribution is 5.66. The van der Waals surface area contributed by atoms with Gasteiger partial charge in [0, 0.05) is 12.1 Å². The van der Waals surface area contributed by atoms with Crippen LogP contribution in [0.1, 0.15) is 18.9 Å². The Hall–Kier alpha value is -1.88. The minimum absolute atomic E-state index is 0.475. The highest BCUT2D eigenvalue weighted by Crippen LogP contribution is 2.36. The molecule has 1 aromatic carbocycles. The summed E-state index contributed by atoms with van der Waals surface area (Å²) in [4.78, 5) is 2.54. The summed E-state index contributed by atoms with van der Waals surface area (Å²) in [5, 5.41) is 8.76. The number of hydrogen-bond acceptors (Lipinski definition) is 4. The molecule has 2 aromatic rings. The summed E-state index contributed by atoms with van der Waals surface area (Å²) in [6.45, 7) is 3.60. The third-order valence-corrected chi connectivity index (χ3v) is 4.85. The van der Waals surface area contributed by atoms with Gasteiger partial charge in [0.1, 0.15) is 11.4 Å². The third-order valence-electron chi connectivity index (χ3n) is 4.85. The standard InChI is InChI=1S/C16H20N4O/c1-21-16-5-3-2-4-13(16)14-10-20(18-17-14)15-11-19-8-6-12(15)7-9-19/h2-5,10,12,15H,6-9,11H2,1H3/t15-/m0/s1. The van der Waals surface area contributed by atoms with E-state index in [2.05, 4.69) is 26.1 Å². The quantitative estimate of drug-likeness (QED) is 0.867. The summed E-state index contributed by atoms with van der Waals surface area (Å²) >= 11 is 0. The molecule has 0 unspecified atom stereocenters. The van der Waals surface area contributed by atoms with Crippen LogP contribution < -0.4 is 4.74 Å². The number of benzene rings is 1. The predicted molar refractivity (Wildman–Crippen MR) is 80.2 cm³/mol. The number of fused-ring (bicyclic) bond motifs is 3. The molecule has 3 aliphatic rings. The van der Waals surface area contributed by atoms with Gasteiger partial charge in [-0.1, -0.05) is 17.3 Å². The maximum atomic E-state index is 5.42. The van der Waals surface area contributed by atoms with E-state index in [4.69, 9.17) is 4.74 Å². The SMILES string of the molecule is COc1ccccc1-c1cn([C@H]2CN3CCC2CC3)nn1. The van der Waals surface area contributed by atoms with Crippen LogP contribution in [-0.4, -0.2) is 46.6 Å². The molecule has 0 N–H and O–H groups in total. The molecule has 0 radical (unpaired) electrons. The van der Waals surface area contributed by atoms with E-state index < -0.39 is 0 Å². The summed E-state index contributed by atoms with van der Waals surface area (Å²) in [6.07, 6.45) is 4.65. The van der Waals surface area contributed by atoms with Crippen LogP contribution in [0.25, 0.3) is 11.3 Å². The van der Waals surface area contributed by atoms with E-state index in [9.17, 15) is 0 Å². The van der Waals surface area contributed by atoms with E-state index in [1.807, 2.05) is 24.3 Å². The molecule has 1 aromatic heterocycles. The van der Waals surface area contributed by atoms with Crippen LogP contribution in [0.15, 0.2) is 30.5 Å². The highest BCUT2D eigenvalue weighted by Gasteiger charge is 2.35. The fourth-order valence-electron chi connectivity index (χ4n) is 3.65. The number of nitrogens with zero attached hydrogens (tertiary/aromatic N) is 4. The molecule has 5 rings (SSSR count). The van der Waals surface area contributed by atoms with Gasteiger partial charge >= 0.3 is 0 Å². The first-order chi connectivity index (χ1) is 10.3. The van der Waals surface area contributed by atoms with Gasteiger partial charge in [0.05, 0.1) is 19.3 Å². The van der Waals surface area contributed by atoms with Gasteiger partial charge in [-0.2, -0.15) is 0 Å². The molecule has 3 saturated heterocycles. The fourth-order valence-corrected chi connectivity index (χ4v) is 3.65. The molecule has 5 heteroatoms. The van der Waals surface area contributed by atoms with Crippen molar-refractivity contribution in [1.29, 1.82) is 0 Å². The van der Waals surface area contributed by atoms with Crippen molar-refractivity contribution >= 4 is 0 Å². The van der Waals surface area contributed by atoms with Gasteiger partial charge < -0.3 is 9.64 Å². The Balaban J connectivity index is 1.64. The minimum Gasteiger partial charge on any atom is -0.496 e. The molecule has 1 atom stereocenters. The van der Waals surface area contributed by atoms with Gasteiger partial charge in [-0.05, 0) is 44.0 Å². The van der Waals surface area contributed by atoms with E-state index in [1.54, 1.807) is 7.11 Å². The predicted octanol–water partition coefficient (Wildman–Crippen LogP) is 2.22. The van der Waals surface area contributed by atoms with Crippen LogP contribution in [0.3, 0.4) is 0 Å². The number of ether oxygens (including phenoxy) is 1. The lowest BCUT2D eigenvalue weighted by Gasteiger charge is -2.44. The molecular weight excluding hydrogens is 264 g/mol. The lowest BCUT2D eigenvalue weighted by atomic mass is 9.84. The first kappa shape index (κ1) is 12.8. The second-order valence-electron chi connectivity index (χ2n) is 5.99. The lowest BCUT2D eigenvalue weighted by molar-refractivity contribution is 0.0504. The maximum absolute atomic E-state index is 5.42. The van der Waals surface area contributed by atoms with Crippen LogP contribution in [-0.2, 0) is 0 Å². The largest absolute Gasteiger partial charge is 0.496 e. The Morgan fingerprint density at radius 3 is 2.71 bits per heavy atom. The Morgan fingerprint density at radius 2 is 2.00 bits per heavy atom. The number of para-hydroxylation sites is 1. The fraction of sp³-hybridized carbons (Fsp3) is 0.500. The van der Waals surface area contributed by atoms with Crippen molar-refractivity contribution < 1.29 is 4.74 Å². The van der Waals surface area contributed by atoms with Crippen LogP contribution in [0.2, 0.25) is 0 Å². The second-order valence-corrected chi connectivity index (χ2v) is 5.99. The average molecular weight is 284 g/mol. The topological polar surface area (TPSA) is 43.2 Å². The van der Waals surface area contributed by atoms with Gasteiger partial charge in [0.2, 0.25) is 0 Å². The van der Waals surface area contributed by atoms with E-state index in [0.717, 1.165) is 29.5 Å². The van der Waals surface area contributed by atoms with E-state index in [1.165, 1.54) is 25.9 Å². The second kappa shape index (κ2) is 5.15. The molecule has 3 aliphatic heterocycles. The van der Waals surface area contributed by atoms with E-state index in [0.29, 0.717) is 6.04 Å². The van der Waals surface area contributed by atoms with Gasteiger partial charge in [0.15, 0.2) is 0 Å². The number of aromatic nitrogens is 3. The van der Waals surface area contributed by atoms with Crippen molar-refractivity contribution in [1.82, 2.24) is 19.9 Å². The van der Waals surface area contributed by atoms with Crippen LogP contribution in [0.4, 0.5) is 0 Å². The Morgan fingerprint density at radius 1 is 1.19 bits per heavy atom. The van der Waals surface area contributed by atoms with Crippen molar-refractivity contribution in [2.24, 2.45) is 5.92 Å². The summed E-state index contributed by atoms with van der Waals surface area (Å²) in [7, 11) is 1.69. The molecule has 21 heavy (non-hydrogen) atoms. The zero-order chi connectivity index (χ0) is 14.2. The van der Waals surface area contributed by atoms with Gasteiger partial charge in [0.25, 0.3) is 0 Å².